The normalized spacial score (nSPS) is 9.56. The Kier molecular flexibility index (Phi) is 5.56. The van der Waals surface area contributed by atoms with E-state index in [2.05, 4.69) is 16.0 Å². The van der Waals surface area contributed by atoms with Crippen LogP contribution in [0.25, 0.3) is 0 Å². The Morgan fingerprint density at radius 3 is 2.72 bits per heavy atom. The van der Waals surface area contributed by atoms with Crippen LogP contribution in [-0.4, -0.2) is 36.8 Å². The van der Waals surface area contributed by atoms with Gasteiger partial charge in [-0.2, -0.15) is 10.5 Å². The molecule has 6 nitrogen and oxygen atoms in total. The standard InChI is InChI=1S/C12H15N5O/c1-10-8-11(9-14)16-12(15-10)17(5-3-4-13)6-7-18-2/h8H,3,5-7H2,1-2H3. The van der Waals surface area contributed by atoms with E-state index in [0.29, 0.717) is 37.8 Å². The number of aryl methyl sites for hydroxylation is 1. The molecule has 0 spiro atoms. The first-order valence-electron chi connectivity index (χ1n) is 5.58. The first-order valence-corrected chi connectivity index (χ1v) is 5.58. The molecule has 1 aromatic heterocycles. The summed E-state index contributed by atoms with van der Waals surface area (Å²) in [6.07, 6.45) is 0.378. The molecule has 1 heterocycles. The molecule has 0 unspecified atom stereocenters. The highest BCUT2D eigenvalue weighted by Crippen LogP contribution is 2.10. The Morgan fingerprint density at radius 1 is 1.33 bits per heavy atom. The Hall–Kier alpha value is -2.18. The largest absolute Gasteiger partial charge is 0.383 e. The van der Waals surface area contributed by atoms with E-state index >= 15 is 0 Å². The summed E-state index contributed by atoms with van der Waals surface area (Å²) in [4.78, 5) is 10.3. The summed E-state index contributed by atoms with van der Waals surface area (Å²) in [7, 11) is 1.61. The number of hydrogen-bond acceptors (Lipinski definition) is 6. The molecule has 1 aromatic rings. The molecule has 0 atom stereocenters. The van der Waals surface area contributed by atoms with E-state index in [0.717, 1.165) is 5.69 Å². The maximum atomic E-state index is 8.88. The lowest BCUT2D eigenvalue weighted by Crippen LogP contribution is -2.30. The molecule has 0 aliphatic carbocycles. The van der Waals surface area contributed by atoms with Crippen LogP contribution >= 0.6 is 0 Å². The van der Waals surface area contributed by atoms with Crippen LogP contribution in [0.4, 0.5) is 5.95 Å². The maximum Gasteiger partial charge on any atom is 0.226 e. The lowest BCUT2D eigenvalue weighted by atomic mass is 10.3. The SMILES string of the molecule is COCCN(CCC#N)c1nc(C)cc(C#N)n1. The summed E-state index contributed by atoms with van der Waals surface area (Å²) in [5.74, 6) is 0.471. The number of ether oxygens (including phenoxy) is 1. The average Bonchev–Trinajstić information content (AvgIpc) is 2.38. The minimum absolute atomic E-state index is 0.330. The summed E-state index contributed by atoms with van der Waals surface area (Å²) in [5.41, 5.74) is 1.06. The van der Waals surface area contributed by atoms with Gasteiger partial charge in [0.25, 0.3) is 0 Å². The molecule has 94 valence electrons. The first kappa shape index (κ1) is 13.9. The molecule has 0 fully saturated rings. The highest BCUT2D eigenvalue weighted by molar-refractivity contribution is 5.36. The molecule has 0 aliphatic rings. The first-order chi connectivity index (χ1) is 8.71. The van der Waals surface area contributed by atoms with Gasteiger partial charge in [-0.3, -0.25) is 0 Å². The third-order valence-electron chi connectivity index (χ3n) is 2.30. The number of hydrogen-bond donors (Lipinski definition) is 0. The third-order valence-corrected chi connectivity index (χ3v) is 2.30. The molecule has 6 heteroatoms. The van der Waals surface area contributed by atoms with E-state index < -0.39 is 0 Å². The van der Waals surface area contributed by atoms with E-state index in [1.165, 1.54) is 0 Å². The number of rotatable bonds is 6. The van der Waals surface area contributed by atoms with Gasteiger partial charge in [0.2, 0.25) is 5.95 Å². The lowest BCUT2D eigenvalue weighted by molar-refractivity contribution is 0.205. The van der Waals surface area contributed by atoms with Gasteiger partial charge < -0.3 is 9.64 Å². The van der Waals surface area contributed by atoms with Gasteiger partial charge in [-0.1, -0.05) is 0 Å². The molecule has 0 N–H and O–H groups in total. The molecule has 0 amide bonds. The summed E-state index contributed by atoms with van der Waals surface area (Å²) in [6.45, 7) is 3.44. The van der Waals surface area contributed by atoms with Gasteiger partial charge in [0.15, 0.2) is 0 Å². The number of aromatic nitrogens is 2. The predicted molar refractivity (Wildman–Crippen MR) is 65.8 cm³/mol. The van der Waals surface area contributed by atoms with Crippen LogP contribution in [0.5, 0.6) is 0 Å². The third kappa shape index (κ3) is 4.00. The van der Waals surface area contributed by atoms with Gasteiger partial charge in [0, 0.05) is 25.9 Å². The molecule has 0 saturated heterocycles. The topological polar surface area (TPSA) is 85.8 Å². The Morgan fingerprint density at radius 2 is 2.11 bits per heavy atom. The fourth-order valence-electron chi connectivity index (χ4n) is 1.45. The molecular weight excluding hydrogens is 230 g/mol. The van der Waals surface area contributed by atoms with Crippen molar-refractivity contribution < 1.29 is 4.74 Å². The summed E-state index contributed by atoms with van der Waals surface area (Å²) in [5, 5.41) is 17.5. The highest BCUT2D eigenvalue weighted by atomic mass is 16.5. The van der Waals surface area contributed by atoms with Crippen LogP contribution in [0, 0.1) is 29.6 Å². The van der Waals surface area contributed by atoms with Crippen LogP contribution in [0.1, 0.15) is 17.8 Å². The average molecular weight is 245 g/mol. The van der Waals surface area contributed by atoms with Crippen molar-refractivity contribution in [3.05, 3.63) is 17.5 Å². The van der Waals surface area contributed by atoms with Crippen molar-refractivity contribution in [1.82, 2.24) is 9.97 Å². The van der Waals surface area contributed by atoms with Crippen molar-refractivity contribution in [2.24, 2.45) is 0 Å². The van der Waals surface area contributed by atoms with E-state index in [9.17, 15) is 0 Å². The Labute approximate surface area is 106 Å². The number of nitriles is 2. The summed E-state index contributed by atoms with van der Waals surface area (Å²) < 4.78 is 5.02. The second-order valence-electron chi connectivity index (χ2n) is 3.69. The van der Waals surface area contributed by atoms with Crippen LogP contribution in [-0.2, 0) is 4.74 Å². The number of nitrogens with zero attached hydrogens (tertiary/aromatic N) is 5. The summed E-state index contributed by atoms with van der Waals surface area (Å²) in [6, 6.07) is 5.71. The quantitative estimate of drug-likeness (QED) is 0.743. The molecule has 0 radical (unpaired) electrons. The summed E-state index contributed by atoms with van der Waals surface area (Å²) >= 11 is 0. The Bertz CT molecular complexity index is 474. The van der Waals surface area contributed by atoms with Gasteiger partial charge in [-0.15, -0.1) is 0 Å². The van der Waals surface area contributed by atoms with E-state index in [-0.39, 0.29) is 0 Å². The highest BCUT2D eigenvalue weighted by Gasteiger charge is 2.11. The van der Waals surface area contributed by atoms with E-state index in [4.69, 9.17) is 15.3 Å². The fraction of sp³-hybridized carbons (Fsp3) is 0.500. The molecule has 18 heavy (non-hydrogen) atoms. The van der Waals surface area contributed by atoms with Crippen molar-refractivity contribution in [3.8, 4) is 12.1 Å². The number of anilines is 1. The molecule has 1 rings (SSSR count). The van der Waals surface area contributed by atoms with Crippen molar-refractivity contribution in [2.45, 2.75) is 13.3 Å². The zero-order valence-corrected chi connectivity index (χ0v) is 10.6. The second-order valence-corrected chi connectivity index (χ2v) is 3.69. The van der Waals surface area contributed by atoms with Crippen molar-refractivity contribution in [3.63, 3.8) is 0 Å². The molecule has 0 saturated carbocycles. The smallest absolute Gasteiger partial charge is 0.226 e. The van der Waals surface area contributed by atoms with Gasteiger partial charge >= 0.3 is 0 Å². The molecule has 0 bridgehead atoms. The zero-order chi connectivity index (χ0) is 13.4. The fourth-order valence-corrected chi connectivity index (χ4v) is 1.45. The monoisotopic (exact) mass is 245 g/mol. The van der Waals surface area contributed by atoms with E-state index in [1.54, 1.807) is 13.2 Å². The minimum Gasteiger partial charge on any atom is -0.383 e. The van der Waals surface area contributed by atoms with Gasteiger partial charge in [-0.25, -0.2) is 9.97 Å². The van der Waals surface area contributed by atoms with Crippen LogP contribution in [0.15, 0.2) is 6.07 Å². The van der Waals surface area contributed by atoms with Crippen LogP contribution in [0.3, 0.4) is 0 Å². The second kappa shape index (κ2) is 7.21. The Balaban J connectivity index is 2.93. The predicted octanol–water partition coefficient (Wildman–Crippen LogP) is 1.02. The van der Waals surface area contributed by atoms with Gasteiger partial charge in [-0.05, 0) is 13.0 Å². The van der Waals surface area contributed by atoms with Gasteiger partial charge in [0.05, 0.1) is 19.1 Å². The number of methoxy groups -OCH3 is 1. The van der Waals surface area contributed by atoms with Crippen LogP contribution in [0.2, 0.25) is 0 Å². The van der Waals surface area contributed by atoms with Crippen molar-refractivity contribution in [2.75, 3.05) is 31.7 Å². The zero-order valence-electron chi connectivity index (χ0n) is 10.6. The maximum absolute atomic E-state index is 8.88. The van der Waals surface area contributed by atoms with E-state index in [1.807, 2.05) is 17.9 Å². The molecule has 0 aromatic carbocycles. The van der Waals surface area contributed by atoms with Crippen molar-refractivity contribution in [1.29, 1.82) is 10.5 Å². The molecular formula is C12H15N5O. The minimum atomic E-state index is 0.330. The lowest BCUT2D eigenvalue weighted by Gasteiger charge is -2.21. The molecule has 0 aliphatic heterocycles. The van der Waals surface area contributed by atoms with Crippen LogP contribution < -0.4 is 4.90 Å². The van der Waals surface area contributed by atoms with Crippen molar-refractivity contribution >= 4 is 5.95 Å². The van der Waals surface area contributed by atoms with Gasteiger partial charge in [0.1, 0.15) is 11.8 Å².